The second-order valence-corrected chi connectivity index (χ2v) is 10.7. The van der Waals surface area contributed by atoms with Crippen LogP contribution in [0, 0.1) is 6.92 Å². The van der Waals surface area contributed by atoms with Gasteiger partial charge >= 0.3 is 173 Å². The van der Waals surface area contributed by atoms with Crippen molar-refractivity contribution in [1.29, 1.82) is 0 Å². The third kappa shape index (κ3) is 2.35. The number of aromatic nitrogens is 1. The molecule has 1 aliphatic carbocycles. The van der Waals surface area contributed by atoms with Crippen LogP contribution in [-0.2, 0) is 7.05 Å². The molecule has 1 fully saturated rings. The van der Waals surface area contributed by atoms with Gasteiger partial charge in [-0.2, -0.15) is 0 Å². The molecule has 0 N–H and O–H groups in total. The Bertz CT molecular complexity index is 1260. The average molecular weight is 429 g/mol. The SMILES string of the molecule is Cc1ccc2cccc3c2c1-c1c(c2cc(C4CCCC4)ccc2c[n+]1C)[Se]3. The van der Waals surface area contributed by atoms with Gasteiger partial charge in [-0.05, 0) is 0 Å². The van der Waals surface area contributed by atoms with Gasteiger partial charge < -0.3 is 0 Å². The first kappa shape index (κ1) is 16.8. The van der Waals surface area contributed by atoms with Gasteiger partial charge in [0, 0.05) is 0 Å². The van der Waals surface area contributed by atoms with E-state index in [0.29, 0.717) is 15.0 Å². The Kier molecular flexibility index (Phi) is 3.70. The number of pyridine rings is 1. The molecule has 6 rings (SSSR count). The van der Waals surface area contributed by atoms with Crippen LogP contribution in [0.4, 0.5) is 0 Å². The molecule has 1 saturated carbocycles. The second kappa shape index (κ2) is 6.17. The van der Waals surface area contributed by atoms with Gasteiger partial charge in [0.1, 0.15) is 0 Å². The first-order valence-corrected chi connectivity index (χ1v) is 12.1. The summed E-state index contributed by atoms with van der Waals surface area (Å²) in [5.41, 5.74) is 5.84. The van der Waals surface area contributed by atoms with Crippen molar-refractivity contribution in [2.24, 2.45) is 7.05 Å². The van der Waals surface area contributed by atoms with Crippen molar-refractivity contribution in [3.05, 3.63) is 65.9 Å². The first-order chi connectivity index (χ1) is 13.7. The molecule has 0 saturated heterocycles. The van der Waals surface area contributed by atoms with Crippen LogP contribution < -0.4 is 13.5 Å². The van der Waals surface area contributed by atoms with Crippen molar-refractivity contribution in [3.63, 3.8) is 0 Å². The normalized spacial score (nSPS) is 16.1. The Balaban J connectivity index is 1.70. The minimum absolute atomic E-state index is 0.335. The van der Waals surface area contributed by atoms with Crippen LogP contribution in [0.3, 0.4) is 0 Å². The molecule has 0 amide bonds. The zero-order valence-electron chi connectivity index (χ0n) is 16.5. The summed E-state index contributed by atoms with van der Waals surface area (Å²) in [5.74, 6) is 0.766. The number of rotatable bonds is 1. The van der Waals surface area contributed by atoms with Crippen LogP contribution in [0.2, 0.25) is 0 Å². The summed E-state index contributed by atoms with van der Waals surface area (Å²) in [7, 11) is 2.23. The number of hydrogen-bond acceptors (Lipinski definition) is 0. The van der Waals surface area contributed by atoms with Gasteiger partial charge in [-0.3, -0.25) is 0 Å². The fourth-order valence-corrected chi connectivity index (χ4v) is 8.07. The molecule has 28 heavy (non-hydrogen) atoms. The van der Waals surface area contributed by atoms with E-state index < -0.39 is 0 Å². The number of nitrogens with zero attached hydrogens (tertiary/aromatic N) is 1. The van der Waals surface area contributed by atoms with Gasteiger partial charge in [-0.15, -0.1) is 0 Å². The van der Waals surface area contributed by atoms with E-state index >= 15 is 0 Å². The van der Waals surface area contributed by atoms with Crippen LogP contribution in [0.15, 0.2) is 54.7 Å². The maximum absolute atomic E-state index is 2.54. The quantitative estimate of drug-likeness (QED) is 0.274. The molecule has 4 aromatic rings. The maximum atomic E-state index is 2.54. The van der Waals surface area contributed by atoms with Gasteiger partial charge in [-0.25, -0.2) is 0 Å². The Morgan fingerprint density at radius 1 is 0.964 bits per heavy atom. The Labute approximate surface area is 172 Å². The molecule has 138 valence electrons. The van der Waals surface area contributed by atoms with Gasteiger partial charge in [0.05, 0.1) is 0 Å². The fraction of sp³-hybridized carbons (Fsp3) is 0.269. The van der Waals surface area contributed by atoms with Crippen molar-refractivity contribution in [2.45, 2.75) is 38.5 Å². The Hall–Kier alpha value is -2.15. The van der Waals surface area contributed by atoms with E-state index in [1.807, 2.05) is 0 Å². The molecule has 0 bridgehead atoms. The van der Waals surface area contributed by atoms with E-state index in [1.165, 1.54) is 68.5 Å². The molecule has 1 aromatic heterocycles. The van der Waals surface area contributed by atoms with Gasteiger partial charge in [0.2, 0.25) is 0 Å². The molecule has 0 radical (unpaired) electrons. The summed E-state index contributed by atoms with van der Waals surface area (Å²) in [4.78, 5) is 0. The molecule has 1 nitrogen and oxygen atoms in total. The minimum atomic E-state index is 0.335. The van der Waals surface area contributed by atoms with Crippen molar-refractivity contribution in [3.8, 4) is 11.3 Å². The van der Waals surface area contributed by atoms with Crippen LogP contribution >= 0.6 is 0 Å². The molecular weight excluding hydrogens is 405 g/mol. The summed E-state index contributed by atoms with van der Waals surface area (Å²) in [6, 6.07) is 18.7. The number of hydrogen-bond donors (Lipinski definition) is 0. The Morgan fingerprint density at radius 2 is 1.79 bits per heavy atom. The number of benzene rings is 3. The monoisotopic (exact) mass is 430 g/mol. The molecule has 0 unspecified atom stereocenters. The number of aryl methyl sites for hydroxylation is 2. The van der Waals surface area contributed by atoms with E-state index in [4.69, 9.17) is 0 Å². The van der Waals surface area contributed by atoms with Crippen LogP contribution in [0.5, 0.6) is 0 Å². The topological polar surface area (TPSA) is 3.88 Å². The third-order valence-electron chi connectivity index (χ3n) is 6.71. The molecular formula is C26H24NSe+. The average Bonchev–Trinajstić information content (AvgIpc) is 3.25. The first-order valence-electron chi connectivity index (χ1n) is 10.4. The summed E-state index contributed by atoms with van der Waals surface area (Å²) >= 11 is 0.335. The van der Waals surface area contributed by atoms with E-state index in [0.717, 1.165) is 5.92 Å². The van der Waals surface area contributed by atoms with Crippen LogP contribution in [0.25, 0.3) is 32.8 Å². The summed E-state index contributed by atoms with van der Waals surface area (Å²) in [6.07, 6.45) is 7.85. The molecule has 3 aromatic carbocycles. The van der Waals surface area contributed by atoms with Crippen molar-refractivity contribution in [2.75, 3.05) is 0 Å². The summed E-state index contributed by atoms with van der Waals surface area (Å²) in [6.45, 7) is 2.27. The molecule has 2 aliphatic rings. The van der Waals surface area contributed by atoms with Crippen LogP contribution in [-0.4, -0.2) is 15.0 Å². The third-order valence-corrected chi connectivity index (χ3v) is 9.18. The second-order valence-electron chi connectivity index (χ2n) is 8.46. The zero-order chi connectivity index (χ0) is 18.8. The molecule has 2 heteroatoms. The molecule has 1 aliphatic heterocycles. The molecule has 0 atom stereocenters. The van der Waals surface area contributed by atoms with Crippen molar-refractivity contribution < 1.29 is 4.57 Å². The van der Waals surface area contributed by atoms with E-state index in [-0.39, 0.29) is 0 Å². The standard InChI is InChI=1S/C26H24NSe/c1-16-10-11-18-8-5-9-22-24(18)23(16)25-26(28-22)21-14-19(17-6-3-4-7-17)12-13-20(21)15-27(25)2/h5,8-15,17H,3-4,6-7H2,1-2H3/q+1. The van der Waals surface area contributed by atoms with E-state index in [1.54, 1.807) is 10.0 Å². The zero-order valence-corrected chi connectivity index (χ0v) is 18.2. The van der Waals surface area contributed by atoms with Crippen molar-refractivity contribution in [1.82, 2.24) is 0 Å². The van der Waals surface area contributed by atoms with E-state index in [2.05, 4.69) is 73.3 Å². The van der Waals surface area contributed by atoms with Gasteiger partial charge in [-0.1, -0.05) is 0 Å². The van der Waals surface area contributed by atoms with Gasteiger partial charge in [0.15, 0.2) is 0 Å². The predicted molar refractivity (Wildman–Crippen MR) is 119 cm³/mol. The summed E-state index contributed by atoms with van der Waals surface area (Å²) in [5, 5.41) is 5.74. The fourth-order valence-electron chi connectivity index (χ4n) is 5.30. The van der Waals surface area contributed by atoms with Crippen LogP contribution in [0.1, 0.15) is 42.7 Å². The molecule has 2 heterocycles. The van der Waals surface area contributed by atoms with Crippen molar-refractivity contribution >= 4 is 45.4 Å². The molecule has 0 spiro atoms. The van der Waals surface area contributed by atoms with E-state index in [9.17, 15) is 0 Å². The number of fused-ring (bicyclic) bond motifs is 4. The summed E-state index contributed by atoms with van der Waals surface area (Å²) < 4.78 is 5.49. The Morgan fingerprint density at radius 3 is 2.64 bits per heavy atom. The predicted octanol–water partition coefficient (Wildman–Crippen LogP) is 4.42. The van der Waals surface area contributed by atoms with Gasteiger partial charge in [0.25, 0.3) is 0 Å².